The number of nitrogens with one attached hydrogen (secondary N) is 1. The van der Waals surface area contributed by atoms with Crippen LogP contribution < -0.4 is 10.2 Å². The Morgan fingerprint density at radius 2 is 1.57 bits per heavy atom. The molecule has 2 aromatic carbocycles. The minimum absolute atomic E-state index is 0.276. The molecule has 0 saturated carbocycles. The van der Waals surface area contributed by atoms with Crippen LogP contribution in [0.1, 0.15) is 65.1 Å². The van der Waals surface area contributed by atoms with Crippen LogP contribution in [0.4, 0.5) is 0 Å². The Kier molecular flexibility index (Phi) is 7.08. The van der Waals surface area contributed by atoms with E-state index >= 15 is 0 Å². The van der Waals surface area contributed by atoms with Crippen LogP contribution in [0.5, 0.6) is 5.75 Å². The third-order valence-electron chi connectivity index (χ3n) is 4.40. The Morgan fingerprint density at radius 1 is 1.00 bits per heavy atom. The smallest absolute Gasteiger partial charge is 0.308 e. The van der Waals surface area contributed by atoms with E-state index in [2.05, 4.69) is 21.4 Å². The maximum Gasteiger partial charge on any atom is 0.308 e. The molecular formula is C23H27BrN2O4. The quantitative estimate of drug-likeness (QED) is 0.390. The Bertz CT molecular complexity index is 989. The normalized spacial score (nSPS) is 11.1. The number of nitrogens with zero attached hydrogens (tertiary/aromatic N) is 1. The molecule has 30 heavy (non-hydrogen) atoms. The van der Waals surface area contributed by atoms with Crippen LogP contribution in [0.15, 0.2) is 34.8 Å². The molecule has 6 nitrogen and oxygen atoms in total. The summed E-state index contributed by atoms with van der Waals surface area (Å²) in [6.45, 7) is 12.3. The molecule has 0 unspecified atom stereocenters. The van der Waals surface area contributed by atoms with E-state index in [-0.39, 0.29) is 11.7 Å². The molecule has 0 bridgehead atoms. The van der Waals surface area contributed by atoms with Gasteiger partial charge < -0.3 is 4.74 Å². The predicted molar refractivity (Wildman–Crippen MR) is 119 cm³/mol. The molecule has 160 valence electrons. The largest absolute Gasteiger partial charge is 0.425 e. The van der Waals surface area contributed by atoms with Crippen molar-refractivity contribution in [2.75, 3.05) is 0 Å². The molecule has 0 aliphatic heterocycles. The standard InChI is InChI=1S/C23H27BrN2O4/c1-13-10-14(2)12-17(11-13)22(29)26(23(5,6)7)25-21(28)18-8-9-19(24)20(15(18)3)30-16(4)27/h8-12H,1-7H3,(H,25,28). The molecule has 0 radical (unpaired) electrons. The first-order chi connectivity index (χ1) is 13.8. The second-order valence-electron chi connectivity index (χ2n) is 8.27. The highest BCUT2D eigenvalue weighted by atomic mass is 79.9. The molecule has 0 fully saturated rings. The molecule has 2 aromatic rings. The van der Waals surface area contributed by atoms with Crippen LogP contribution in [0.2, 0.25) is 0 Å². The fourth-order valence-corrected chi connectivity index (χ4v) is 3.60. The number of rotatable bonds is 3. The van der Waals surface area contributed by atoms with E-state index in [1.165, 1.54) is 11.9 Å². The van der Waals surface area contributed by atoms with Gasteiger partial charge in [0.2, 0.25) is 0 Å². The average molecular weight is 475 g/mol. The van der Waals surface area contributed by atoms with Crippen LogP contribution >= 0.6 is 15.9 Å². The maximum atomic E-state index is 13.2. The summed E-state index contributed by atoms with van der Waals surface area (Å²) in [6.07, 6.45) is 0. The van der Waals surface area contributed by atoms with E-state index in [4.69, 9.17) is 4.74 Å². The van der Waals surface area contributed by atoms with E-state index < -0.39 is 17.4 Å². The van der Waals surface area contributed by atoms with Crippen molar-refractivity contribution < 1.29 is 19.1 Å². The predicted octanol–water partition coefficient (Wildman–Crippen LogP) is 4.89. The van der Waals surface area contributed by atoms with Crippen molar-refractivity contribution in [3.05, 3.63) is 62.6 Å². The van der Waals surface area contributed by atoms with Crippen molar-refractivity contribution in [1.29, 1.82) is 0 Å². The number of ether oxygens (including phenoxy) is 1. The second kappa shape index (κ2) is 9.00. The van der Waals surface area contributed by atoms with Gasteiger partial charge in [0.05, 0.1) is 10.0 Å². The summed E-state index contributed by atoms with van der Waals surface area (Å²) in [4.78, 5) is 37.7. The lowest BCUT2D eigenvalue weighted by atomic mass is 10.0. The number of benzene rings is 2. The summed E-state index contributed by atoms with van der Waals surface area (Å²) in [5.74, 6) is -0.991. The molecular weight excluding hydrogens is 448 g/mol. The van der Waals surface area contributed by atoms with Gasteiger partial charge >= 0.3 is 5.97 Å². The number of esters is 1. The Hall–Kier alpha value is -2.67. The summed E-state index contributed by atoms with van der Waals surface area (Å²) in [5, 5.41) is 1.33. The van der Waals surface area contributed by atoms with Crippen molar-refractivity contribution in [3.8, 4) is 5.75 Å². The number of hydrogen-bond acceptors (Lipinski definition) is 4. The molecule has 2 rings (SSSR count). The lowest BCUT2D eigenvalue weighted by Crippen LogP contribution is -2.56. The van der Waals surface area contributed by atoms with Gasteiger partial charge in [-0.25, -0.2) is 5.01 Å². The fraction of sp³-hybridized carbons (Fsp3) is 0.348. The van der Waals surface area contributed by atoms with Gasteiger partial charge in [-0.15, -0.1) is 0 Å². The zero-order valence-electron chi connectivity index (χ0n) is 18.3. The molecule has 0 aliphatic carbocycles. The SMILES string of the molecule is CC(=O)Oc1c(Br)ccc(C(=O)NN(C(=O)c2cc(C)cc(C)c2)C(C)(C)C)c1C. The van der Waals surface area contributed by atoms with Gasteiger partial charge in [-0.1, -0.05) is 17.2 Å². The molecule has 0 aromatic heterocycles. The summed E-state index contributed by atoms with van der Waals surface area (Å²) in [5.41, 5.74) is 5.29. The van der Waals surface area contributed by atoms with E-state index in [1.54, 1.807) is 31.2 Å². The Morgan fingerprint density at radius 3 is 2.07 bits per heavy atom. The van der Waals surface area contributed by atoms with Gasteiger partial charge in [0.1, 0.15) is 5.75 Å². The molecule has 0 saturated heterocycles. The highest BCUT2D eigenvalue weighted by Crippen LogP contribution is 2.31. The van der Waals surface area contributed by atoms with Crippen molar-refractivity contribution in [1.82, 2.24) is 10.4 Å². The number of amides is 2. The lowest BCUT2D eigenvalue weighted by molar-refractivity contribution is -0.132. The summed E-state index contributed by atoms with van der Waals surface area (Å²) in [7, 11) is 0. The van der Waals surface area contributed by atoms with E-state index in [0.717, 1.165) is 11.1 Å². The fourth-order valence-electron chi connectivity index (χ4n) is 3.09. The molecule has 1 N–H and O–H groups in total. The number of carbonyl (C=O) groups excluding carboxylic acids is 3. The maximum absolute atomic E-state index is 13.2. The third-order valence-corrected chi connectivity index (χ3v) is 5.03. The van der Waals surface area contributed by atoms with E-state index in [0.29, 0.717) is 21.2 Å². The first-order valence-corrected chi connectivity index (χ1v) is 10.3. The number of carbonyl (C=O) groups is 3. The third kappa shape index (κ3) is 5.48. The number of hydrazine groups is 1. The van der Waals surface area contributed by atoms with E-state index in [1.807, 2.05) is 40.7 Å². The highest BCUT2D eigenvalue weighted by Gasteiger charge is 2.30. The zero-order chi connectivity index (χ0) is 22.8. The molecule has 0 spiro atoms. The van der Waals surface area contributed by atoms with Crippen LogP contribution in [-0.4, -0.2) is 28.3 Å². The number of halogens is 1. The lowest BCUT2D eigenvalue weighted by Gasteiger charge is -2.35. The summed E-state index contributed by atoms with van der Waals surface area (Å²) >= 11 is 3.34. The topological polar surface area (TPSA) is 75.7 Å². The van der Waals surface area contributed by atoms with Crippen LogP contribution in [0.25, 0.3) is 0 Å². The van der Waals surface area contributed by atoms with Gasteiger partial charge in [0, 0.05) is 23.6 Å². The first-order valence-electron chi connectivity index (χ1n) is 9.52. The average Bonchev–Trinajstić information content (AvgIpc) is 2.60. The van der Waals surface area contributed by atoms with Crippen molar-refractivity contribution in [2.45, 2.75) is 54.0 Å². The second-order valence-corrected chi connectivity index (χ2v) is 9.13. The number of hydrogen-bond donors (Lipinski definition) is 1. The summed E-state index contributed by atoms with van der Waals surface area (Å²) < 4.78 is 5.80. The van der Waals surface area contributed by atoms with Crippen LogP contribution in [0, 0.1) is 20.8 Å². The number of aryl methyl sites for hydroxylation is 2. The monoisotopic (exact) mass is 474 g/mol. The Balaban J connectivity index is 2.42. The van der Waals surface area contributed by atoms with Gasteiger partial charge in [0.25, 0.3) is 11.8 Å². The molecule has 0 atom stereocenters. The van der Waals surface area contributed by atoms with Gasteiger partial charge in [0.15, 0.2) is 0 Å². The minimum atomic E-state index is -0.674. The first kappa shape index (κ1) is 23.6. The van der Waals surface area contributed by atoms with Crippen LogP contribution in [0.3, 0.4) is 0 Å². The van der Waals surface area contributed by atoms with Crippen molar-refractivity contribution in [3.63, 3.8) is 0 Å². The van der Waals surface area contributed by atoms with E-state index in [9.17, 15) is 14.4 Å². The van der Waals surface area contributed by atoms with Gasteiger partial charge in [-0.2, -0.15) is 0 Å². The highest BCUT2D eigenvalue weighted by molar-refractivity contribution is 9.10. The van der Waals surface area contributed by atoms with Crippen molar-refractivity contribution >= 4 is 33.7 Å². The molecule has 0 aliphatic rings. The molecule has 7 heteroatoms. The summed E-state index contributed by atoms with van der Waals surface area (Å²) in [6, 6.07) is 8.82. The molecule has 0 heterocycles. The van der Waals surface area contributed by atoms with Crippen molar-refractivity contribution in [2.24, 2.45) is 0 Å². The van der Waals surface area contributed by atoms with Crippen LogP contribution in [-0.2, 0) is 4.79 Å². The minimum Gasteiger partial charge on any atom is -0.425 e. The zero-order valence-corrected chi connectivity index (χ0v) is 19.9. The molecule has 2 amide bonds. The van der Waals surface area contributed by atoms with Gasteiger partial charge in [-0.05, 0) is 81.7 Å². The Labute approximate surface area is 185 Å². The van der Waals surface area contributed by atoms with Gasteiger partial charge in [-0.3, -0.25) is 19.8 Å².